The minimum absolute atomic E-state index is 0.00858. The standard InChI is InChI=1S/C10H11Cl2NO2S/c1-2-3-7-13-16(14,15)9-6-4-5-8(11)10(9)12/h2,4-6,13H,1,3,7H2. The van der Waals surface area contributed by atoms with Crippen LogP contribution in [0.15, 0.2) is 35.7 Å². The molecule has 1 aromatic rings. The van der Waals surface area contributed by atoms with Gasteiger partial charge in [-0.1, -0.05) is 35.3 Å². The quantitative estimate of drug-likeness (QED) is 0.666. The minimum Gasteiger partial charge on any atom is -0.211 e. The van der Waals surface area contributed by atoms with Crippen molar-refractivity contribution in [2.45, 2.75) is 11.3 Å². The number of hydrogen-bond acceptors (Lipinski definition) is 2. The van der Waals surface area contributed by atoms with E-state index in [1.165, 1.54) is 18.2 Å². The highest BCUT2D eigenvalue weighted by Crippen LogP contribution is 2.28. The number of halogens is 2. The molecule has 0 aliphatic carbocycles. The van der Waals surface area contributed by atoms with Crippen molar-refractivity contribution in [3.63, 3.8) is 0 Å². The van der Waals surface area contributed by atoms with Crippen LogP contribution >= 0.6 is 23.2 Å². The molecule has 0 atom stereocenters. The van der Waals surface area contributed by atoms with Crippen LogP contribution in [0, 0.1) is 0 Å². The lowest BCUT2D eigenvalue weighted by Gasteiger charge is -2.07. The second-order valence-electron chi connectivity index (χ2n) is 3.03. The van der Waals surface area contributed by atoms with Gasteiger partial charge < -0.3 is 0 Å². The van der Waals surface area contributed by atoms with Crippen LogP contribution in [0.2, 0.25) is 10.0 Å². The van der Waals surface area contributed by atoms with Gasteiger partial charge in [0, 0.05) is 6.54 Å². The fourth-order valence-corrected chi connectivity index (χ4v) is 2.87. The van der Waals surface area contributed by atoms with Gasteiger partial charge in [-0.15, -0.1) is 6.58 Å². The highest BCUT2D eigenvalue weighted by molar-refractivity contribution is 7.89. The molecule has 0 aliphatic rings. The van der Waals surface area contributed by atoms with Gasteiger partial charge in [0.2, 0.25) is 10.0 Å². The molecule has 6 heteroatoms. The van der Waals surface area contributed by atoms with E-state index >= 15 is 0 Å². The predicted octanol–water partition coefficient (Wildman–Crippen LogP) is 2.85. The first kappa shape index (κ1) is 13.5. The molecule has 88 valence electrons. The van der Waals surface area contributed by atoms with Gasteiger partial charge in [0.1, 0.15) is 4.90 Å². The van der Waals surface area contributed by atoms with E-state index in [1.54, 1.807) is 6.08 Å². The van der Waals surface area contributed by atoms with E-state index in [0.717, 1.165) is 0 Å². The topological polar surface area (TPSA) is 46.2 Å². The summed E-state index contributed by atoms with van der Waals surface area (Å²) in [6.45, 7) is 3.79. The average Bonchev–Trinajstić information content (AvgIpc) is 2.22. The summed E-state index contributed by atoms with van der Waals surface area (Å²) in [5.74, 6) is 0. The van der Waals surface area contributed by atoms with Crippen LogP contribution in [-0.4, -0.2) is 15.0 Å². The van der Waals surface area contributed by atoms with Gasteiger partial charge in [-0.25, -0.2) is 13.1 Å². The van der Waals surface area contributed by atoms with Gasteiger partial charge in [0.15, 0.2) is 0 Å². The number of sulfonamides is 1. The highest BCUT2D eigenvalue weighted by atomic mass is 35.5. The van der Waals surface area contributed by atoms with Crippen molar-refractivity contribution in [3.8, 4) is 0 Å². The molecule has 0 saturated heterocycles. The average molecular weight is 280 g/mol. The number of hydrogen-bond donors (Lipinski definition) is 1. The summed E-state index contributed by atoms with van der Waals surface area (Å²) >= 11 is 11.6. The third-order valence-corrected chi connectivity index (χ3v) is 4.28. The summed E-state index contributed by atoms with van der Waals surface area (Å²) in [5.41, 5.74) is 0. The van der Waals surface area contributed by atoms with Gasteiger partial charge in [-0.2, -0.15) is 0 Å². The summed E-state index contributed by atoms with van der Waals surface area (Å²) in [6, 6.07) is 4.48. The molecule has 0 heterocycles. The Hall–Kier alpha value is -0.550. The maximum absolute atomic E-state index is 11.8. The molecular formula is C10H11Cl2NO2S. The fourth-order valence-electron chi connectivity index (χ4n) is 1.06. The molecule has 0 aliphatic heterocycles. The molecule has 0 bridgehead atoms. The highest BCUT2D eigenvalue weighted by Gasteiger charge is 2.18. The van der Waals surface area contributed by atoms with E-state index in [0.29, 0.717) is 6.42 Å². The Labute approximate surface area is 105 Å². The fraction of sp³-hybridized carbons (Fsp3) is 0.200. The molecule has 0 fully saturated rings. The number of benzene rings is 1. The van der Waals surface area contributed by atoms with Crippen molar-refractivity contribution in [1.29, 1.82) is 0 Å². The lowest BCUT2D eigenvalue weighted by atomic mass is 10.4. The van der Waals surface area contributed by atoms with Crippen molar-refractivity contribution >= 4 is 33.2 Å². The zero-order chi connectivity index (χ0) is 12.2. The van der Waals surface area contributed by atoms with Gasteiger partial charge in [-0.3, -0.25) is 0 Å². The van der Waals surface area contributed by atoms with Crippen molar-refractivity contribution in [3.05, 3.63) is 40.9 Å². The molecule has 1 N–H and O–H groups in total. The maximum Gasteiger partial charge on any atom is 0.242 e. The molecule has 0 aromatic heterocycles. The summed E-state index contributed by atoms with van der Waals surface area (Å²) in [5, 5.41) is 0.253. The molecule has 1 aromatic carbocycles. The SMILES string of the molecule is C=CCCNS(=O)(=O)c1cccc(Cl)c1Cl. The smallest absolute Gasteiger partial charge is 0.211 e. The van der Waals surface area contributed by atoms with Gasteiger partial charge in [-0.05, 0) is 18.6 Å². The Bertz CT molecular complexity index is 486. The first-order chi connectivity index (χ1) is 7.49. The largest absolute Gasteiger partial charge is 0.242 e. The number of nitrogens with one attached hydrogen (secondary N) is 1. The first-order valence-corrected chi connectivity index (χ1v) is 6.77. The summed E-state index contributed by atoms with van der Waals surface area (Å²) in [6.07, 6.45) is 2.18. The lowest BCUT2D eigenvalue weighted by molar-refractivity contribution is 0.582. The molecule has 16 heavy (non-hydrogen) atoms. The Balaban J connectivity index is 2.98. The second kappa shape index (κ2) is 5.68. The molecular weight excluding hydrogens is 269 g/mol. The molecule has 0 unspecified atom stereocenters. The second-order valence-corrected chi connectivity index (χ2v) is 5.55. The van der Waals surface area contributed by atoms with E-state index in [2.05, 4.69) is 11.3 Å². The van der Waals surface area contributed by atoms with E-state index < -0.39 is 10.0 Å². The van der Waals surface area contributed by atoms with Crippen LogP contribution in [0.3, 0.4) is 0 Å². The van der Waals surface area contributed by atoms with Crippen LogP contribution in [0.1, 0.15) is 6.42 Å². The van der Waals surface area contributed by atoms with Gasteiger partial charge >= 0.3 is 0 Å². The Morgan fingerprint density at radius 2 is 2.06 bits per heavy atom. The van der Waals surface area contributed by atoms with Gasteiger partial charge in [0.25, 0.3) is 0 Å². The van der Waals surface area contributed by atoms with E-state index in [9.17, 15) is 8.42 Å². The van der Waals surface area contributed by atoms with Crippen molar-refractivity contribution in [1.82, 2.24) is 4.72 Å². The minimum atomic E-state index is -3.60. The van der Waals surface area contributed by atoms with E-state index in [1.807, 2.05) is 0 Å². The van der Waals surface area contributed by atoms with Crippen LogP contribution in [0.5, 0.6) is 0 Å². The Morgan fingerprint density at radius 1 is 1.38 bits per heavy atom. The first-order valence-electron chi connectivity index (χ1n) is 4.53. The molecule has 0 amide bonds. The monoisotopic (exact) mass is 279 g/mol. The molecule has 0 radical (unpaired) electrons. The summed E-state index contributed by atoms with van der Waals surface area (Å²) in [7, 11) is -3.60. The zero-order valence-electron chi connectivity index (χ0n) is 8.41. The molecule has 0 spiro atoms. The summed E-state index contributed by atoms with van der Waals surface area (Å²) in [4.78, 5) is -0.00858. The summed E-state index contributed by atoms with van der Waals surface area (Å²) < 4.78 is 26.0. The van der Waals surface area contributed by atoms with E-state index in [-0.39, 0.29) is 21.5 Å². The molecule has 1 rings (SSSR count). The molecule has 0 saturated carbocycles. The number of rotatable bonds is 5. The van der Waals surface area contributed by atoms with Crippen molar-refractivity contribution in [2.24, 2.45) is 0 Å². The third kappa shape index (κ3) is 3.22. The maximum atomic E-state index is 11.8. The zero-order valence-corrected chi connectivity index (χ0v) is 10.7. The van der Waals surface area contributed by atoms with Crippen LogP contribution in [0.25, 0.3) is 0 Å². The Kier molecular flexibility index (Phi) is 4.80. The normalized spacial score (nSPS) is 11.4. The predicted molar refractivity (Wildman–Crippen MR) is 66.5 cm³/mol. The van der Waals surface area contributed by atoms with Crippen LogP contribution in [-0.2, 0) is 10.0 Å². The molecule has 3 nitrogen and oxygen atoms in total. The third-order valence-electron chi connectivity index (χ3n) is 1.85. The van der Waals surface area contributed by atoms with Crippen LogP contribution < -0.4 is 4.72 Å². The lowest BCUT2D eigenvalue weighted by Crippen LogP contribution is -2.24. The van der Waals surface area contributed by atoms with E-state index in [4.69, 9.17) is 23.2 Å². The van der Waals surface area contributed by atoms with Crippen LogP contribution in [0.4, 0.5) is 0 Å². The van der Waals surface area contributed by atoms with Crippen molar-refractivity contribution in [2.75, 3.05) is 6.54 Å². The van der Waals surface area contributed by atoms with Gasteiger partial charge in [0.05, 0.1) is 10.0 Å². The Morgan fingerprint density at radius 3 is 2.69 bits per heavy atom. The van der Waals surface area contributed by atoms with Crippen molar-refractivity contribution < 1.29 is 8.42 Å².